The molecule has 1 N–H and O–H groups in total. The first-order valence-corrected chi connectivity index (χ1v) is 4.26. The van der Waals surface area contributed by atoms with E-state index < -0.39 is 6.29 Å². The van der Waals surface area contributed by atoms with Crippen molar-refractivity contribution in [2.45, 2.75) is 6.29 Å². The summed E-state index contributed by atoms with van der Waals surface area (Å²) in [6, 6.07) is 6.48. The van der Waals surface area contributed by atoms with Crippen LogP contribution in [-0.2, 0) is 9.47 Å². The van der Waals surface area contributed by atoms with Crippen LogP contribution in [0, 0.1) is 5.21 Å². The van der Waals surface area contributed by atoms with E-state index in [1.54, 1.807) is 12.1 Å². The standard InChI is InChI=1S/C9H10NO4/c11-10(12)8-3-1-2-7(6-8)9-13-4-5-14-9/h1-3,6,9,11H,4-5H2/q-1. The molecule has 1 saturated heterocycles. The summed E-state index contributed by atoms with van der Waals surface area (Å²) < 4.78 is 10.5. The summed E-state index contributed by atoms with van der Waals surface area (Å²) in [6.07, 6.45) is -0.421. The third-order valence-electron chi connectivity index (χ3n) is 1.99. The quantitative estimate of drug-likeness (QED) is 0.725. The predicted molar refractivity (Wildman–Crippen MR) is 48.7 cm³/mol. The molecule has 0 bridgehead atoms. The molecule has 1 heterocycles. The molecule has 1 aliphatic heterocycles. The maximum Gasteiger partial charge on any atom is 0.184 e. The Morgan fingerprint density at radius 1 is 1.36 bits per heavy atom. The Labute approximate surface area is 81.0 Å². The fourth-order valence-corrected chi connectivity index (χ4v) is 1.34. The van der Waals surface area contributed by atoms with Crippen molar-refractivity contribution < 1.29 is 14.7 Å². The molecular formula is C9H10NO4-. The van der Waals surface area contributed by atoms with Gasteiger partial charge in [-0.05, 0) is 12.1 Å². The Bertz CT molecular complexity index is 309. The molecule has 0 aliphatic carbocycles. The van der Waals surface area contributed by atoms with Crippen LogP contribution in [0.5, 0.6) is 0 Å². The lowest BCUT2D eigenvalue weighted by Gasteiger charge is -2.22. The van der Waals surface area contributed by atoms with Gasteiger partial charge in [-0.1, -0.05) is 12.1 Å². The highest BCUT2D eigenvalue weighted by Gasteiger charge is 2.18. The van der Waals surface area contributed by atoms with Crippen LogP contribution in [0.15, 0.2) is 24.3 Å². The lowest BCUT2D eigenvalue weighted by molar-refractivity contribution is -0.0441. The molecule has 0 radical (unpaired) electrons. The molecule has 0 aromatic heterocycles. The van der Waals surface area contributed by atoms with Crippen molar-refractivity contribution >= 4 is 5.69 Å². The van der Waals surface area contributed by atoms with Gasteiger partial charge >= 0.3 is 0 Å². The second kappa shape index (κ2) is 3.93. The van der Waals surface area contributed by atoms with Crippen molar-refractivity contribution in [1.82, 2.24) is 0 Å². The summed E-state index contributed by atoms with van der Waals surface area (Å²) >= 11 is 0. The molecule has 2 rings (SSSR count). The summed E-state index contributed by atoms with van der Waals surface area (Å²) in [7, 11) is 0. The number of anilines is 1. The largest absolute Gasteiger partial charge is 0.733 e. The van der Waals surface area contributed by atoms with Crippen molar-refractivity contribution in [3.63, 3.8) is 0 Å². The van der Waals surface area contributed by atoms with E-state index in [0.717, 1.165) is 5.56 Å². The van der Waals surface area contributed by atoms with Crippen LogP contribution in [0.1, 0.15) is 11.9 Å². The van der Waals surface area contributed by atoms with E-state index in [0.29, 0.717) is 13.2 Å². The third-order valence-corrected chi connectivity index (χ3v) is 1.99. The second-order valence-electron chi connectivity index (χ2n) is 2.94. The minimum atomic E-state index is -0.421. The van der Waals surface area contributed by atoms with E-state index >= 15 is 0 Å². The fourth-order valence-electron chi connectivity index (χ4n) is 1.34. The van der Waals surface area contributed by atoms with Crippen LogP contribution in [-0.4, -0.2) is 18.4 Å². The number of rotatable bonds is 2. The molecule has 5 nitrogen and oxygen atoms in total. The number of nitrogens with zero attached hydrogens (tertiary/aromatic N) is 1. The van der Waals surface area contributed by atoms with Gasteiger partial charge in [-0.25, -0.2) is 0 Å². The molecule has 76 valence electrons. The van der Waals surface area contributed by atoms with Gasteiger partial charge in [0.1, 0.15) is 0 Å². The van der Waals surface area contributed by atoms with Gasteiger partial charge in [-0.15, -0.1) is 0 Å². The molecule has 0 saturated carbocycles. The Hall–Kier alpha value is -1.14. The molecule has 0 atom stereocenters. The summed E-state index contributed by atoms with van der Waals surface area (Å²) in [4.78, 5) is 0. The molecule has 0 unspecified atom stereocenters. The van der Waals surface area contributed by atoms with Gasteiger partial charge in [0.25, 0.3) is 0 Å². The predicted octanol–water partition coefficient (Wildman–Crippen LogP) is 1.43. The van der Waals surface area contributed by atoms with E-state index in [-0.39, 0.29) is 10.9 Å². The van der Waals surface area contributed by atoms with Crippen LogP contribution < -0.4 is 5.23 Å². The normalized spacial score (nSPS) is 17.3. The van der Waals surface area contributed by atoms with E-state index in [2.05, 4.69) is 0 Å². The topological polar surface area (TPSA) is 65.0 Å². The van der Waals surface area contributed by atoms with Gasteiger partial charge in [0, 0.05) is 5.56 Å². The molecular weight excluding hydrogens is 186 g/mol. The molecule has 14 heavy (non-hydrogen) atoms. The average molecular weight is 196 g/mol. The Morgan fingerprint density at radius 3 is 2.71 bits per heavy atom. The number of hydrogen-bond acceptors (Lipinski definition) is 5. The zero-order chi connectivity index (χ0) is 9.97. The lowest BCUT2D eigenvalue weighted by Crippen LogP contribution is -2.08. The van der Waals surface area contributed by atoms with Crippen molar-refractivity contribution in [2.24, 2.45) is 0 Å². The summed E-state index contributed by atoms with van der Waals surface area (Å²) in [5, 5.41) is 19.1. The minimum absolute atomic E-state index is 0.168. The molecule has 1 aromatic carbocycles. The number of benzene rings is 1. The summed E-state index contributed by atoms with van der Waals surface area (Å²) in [6.45, 7) is 1.10. The van der Waals surface area contributed by atoms with Gasteiger partial charge in [-0.2, -0.15) is 0 Å². The highest BCUT2D eigenvalue weighted by Crippen LogP contribution is 2.25. The number of ether oxygens (including phenoxy) is 2. The van der Waals surface area contributed by atoms with Crippen molar-refractivity contribution in [2.75, 3.05) is 18.4 Å². The van der Waals surface area contributed by atoms with E-state index in [1.165, 1.54) is 12.1 Å². The third kappa shape index (κ3) is 1.85. The zero-order valence-corrected chi connectivity index (χ0v) is 7.42. The minimum Gasteiger partial charge on any atom is -0.733 e. The fraction of sp³-hybridized carbons (Fsp3) is 0.333. The maximum atomic E-state index is 10.6. The van der Waals surface area contributed by atoms with Crippen molar-refractivity contribution in [3.8, 4) is 0 Å². The van der Waals surface area contributed by atoms with Gasteiger partial charge in [-0.3, -0.25) is 5.21 Å². The molecule has 0 amide bonds. The van der Waals surface area contributed by atoms with Crippen LogP contribution in [0.4, 0.5) is 5.69 Å². The molecule has 0 spiro atoms. The summed E-state index contributed by atoms with van der Waals surface area (Å²) in [5.41, 5.74) is 0.900. The lowest BCUT2D eigenvalue weighted by atomic mass is 10.2. The number of hydrogen-bond donors (Lipinski definition) is 1. The molecule has 5 heteroatoms. The van der Waals surface area contributed by atoms with Gasteiger partial charge in [0.15, 0.2) is 6.29 Å². The van der Waals surface area contributed by atoms with Crippen molar-refractivity contribution in [3.05, 3.63) is 35.0 Å². The van der Waals surface area contributed by atoms with Crippen LogP contribution in [0.2, 0.25) is 0 Å². The van der Waals surface area contributed by atoms with Gasteiger partial charge in [0.2, 0.25) is 0 Å². The van der Waals surface area contributed by atoms with E-state index in [4.69, 9.17) is 14.7 Å². The smallest absolute Gasteiger partial charge is 0.184 e. The zero-order valence-electron chi connectivity index (χ0n) is 7.42. The maximum absolute atomic E-state index is 10.6. The SMILES string of the molecule is [O-]N(O)c1cccc(C2OCCO2)c1. The highest BCUT2D eigenvalue weighted by atomic mass is 16.8. The first-order valence-electron chi connectivity index (χ1n) is 4.26. The first-order chi connectivity index (χ1) is 6.77. The van der Waals surface area contributed by atoms with Crippen molar-refractivity contribution in [1.29, 1.82) is 0 Å². The second-order valence-corrected chi connectivity index (χ2v) is 2.94. The van der Waals surface area contributed by atoms with Crippen LogP contribution in [0.25, 0.3) is 0 Å². The Balaban J connectivity index is 2.21. The Kier molecular flexibility index (Phi) is 2.64. The van der Waals surface area contributed by atoms with Crippen LogP contribution in [0.3, 0.4) is 0 Å². The van der Waals surface area contributed by atoms with Gasteiger partial charge < -0.3 is 19.9 Å². The summed E-state index contributed by atoms with van der Waals surface area (Å²) in [5.74, 6) is 0. The van der Waals surface area contributed by atoms with Crippen LogP contribution >= 0.6 is 0 Å². The monoisotopic (exact) mass is 196 g/mol. The molecule has 1 aliphatic rings. The highest BCUT2D eigenvalue weighted by molar-refractivity contribution is 5.46. The van der Waals surface area contributed by atoms with E-state index in [9.17, 15) is 5.21 Å². The molecule has 1 aromatic rings. The van der Waals surface area contributed by atoms with E-state index in [1.807, 2.05) is 0 Å². The Morgan fingerprint density at radius 2 is 2.07 bits per heavy atom. The average Bonchev–Trinajstić information content (AvgIpc) is 2.71. The van der Waals surface area contributed by atoms with Gasteiger partial charge in [0.05, 0.1) is 18.9 Å². The molecule has 1 fully saturated rings. The first kappa shape index (κ1) is 9.42.